The Hall–Kier alpha value is -2.05. The molecule has 140 valence electrons. The first-order valence-corrected chi connectivity index (χ1v) is 8.87. The van der Waals surface area contributed by atoms with E-state index in [0.717, 1.165) is 24.8 Å². The van der Waals surface area contributed by atoms with Gasteiger partial charge in [0.05, 0.1) is 20.3 Å². The highest BCUT2D eigenvalue weighted by atomic mass is 16.6. The van der Waals surface area contributed by atoms with Crippen LogP contribution in [0.1, 0.15) is 39.5 Å². The third-order valence-corrected chi connectivity index (χ3v) is 4.94. The van der Waals surface area contributed by atoms with Crippen LogP contribution in [0.4, 0.5) is 4.79 Å². The number of carbonyl (C=O) groups is 3. The second kappa shape index (κ2) is 8.87. The van der Waals surface area contributed by atoms with Gasteiger partial charge in [-0.25, -0.2) is 14.4 Å². The van der Waals surface area contributed by atoms with Gasteiger partial charge in [-0.05, 0) is 51.4 Å². The quantitative estimate of drug-likeness (QED) is 0.438. The normalized spacial score (nSPS) is 27.4. The van der Waals surface area contributed by atoms with Crippen LogP contribution in [-0.2, 0) is 23.8 Å². The molecule has 0 bridgehead atoms. The predicted octanol–water partition coefficient (Wildman–Crippen LogP) is 2.30. The zero-order valence-electron chi connectivity index (χ0n) is 15.2. The van der Waals surface area contributed by atoms with Crippen molar-refractivity contribution >= 4 is 18.0 Å². The first-order valence-electron chi connectivity index (χ1n) is 8.87. The Kier molecular flexibility index (Phi) is 6.84. The number of allylic oxidation sites excluding steroid dienone is 1. The molecule has 1 amide bonds. The molecule has 0 aromatic rings. The highest BCUT2D eigenvalue weighted by Gasteiger charge is 2.43. The lowest BCUT2D eigenvalue weighted by atomic mass is 9.71. The summed E-state index contributed by atoms with van der Waals surface area (Å²) in [6, 6.07) is -0.629. The van der Waals surface area contributed by atoms with Crippen LogP contribution in [0.2, 0.25) is 0 Å². The van der Waals surface area contributed by atoms with Gasteiger partial charge in [0, 0.05) is 12.6 Å². The number of rotatable bonds is 4. The lowest BCUT2D eigenvalue weighted by molar-refractivity contribution is -0.152. The Morgan fingerprint density at radius 3 is 2.52 bits per heavy atom. The monoisotopic (exact) mass is 353 g/mol. The topological polar surface area (TPSA) is 82.1 Å². The summed E-state index contributed by atoms with van der Waals surface area (Å²) >= 11 is 0. The van der Waals surface area contributed by atoms with Crippen molar-refractivity contribution in [2.75, 3.05) is 26.9 Å². The predicted molar refractivity (Wildman–Crippen MR) is 89.7 cm³/mol. The summed E-state index contributed by atoms with van der Waals surface area (Å²) in [4.78, 5) is 37.5. The molecule has 3 atom stereocenters. The van der Waals surface area contributed by atoms with Crippen LogP contribution in [0.5, 0.6) is 0 Å². The highest BCUT2D eigenvalue weighted by Crippen LogP contribution is 2.41. The van der Waals surface area contributed by atoms with Crippen LogP contribution in [0, 0.1) is 11.8 Å². The van der Waals surface area contributed by atoms with Gasteiger partial charge in [-0.15, -0.1) is 0 Å². The van der Waals surface area contributed by atoms with Gasteiger partial charge in [-0.3, -0.25) is 4.90 Å². The molecule has 1 saturated heterocycles. The number of esters is 2. The number of nitrogens with zero attached hydrogens (tertiary/aromatic N) is 1. The highest BCUT2D eigenvalue weighted by molar-refractivity contribution is 5.83. The van der Waals surface area contributed by atoms with Crippen LogP contribution in [0.25, 0.3) is 0 Å². The zero-order chi connectivity index (χ0) is 18.4. The van der Waals surface area contributed by atoms with Gasteiger partial charge >= 0.3 is 18.0 Å². The summed E-state index contributed by atoms with van der Waals surface area (Å²) in [6.07, 6.45) is 4.03. The smallest absolute Gasteiger partial charge is 0.410 e. The van der Waals surface area contributed by atoms with E-state index in [4.69, 9.17) is 14.2 Å². The minimum absolute atomic E-state index is 0.240. The van der Waals surface area contributed by atoms with Gasteiger partial charge in [0.15, 0.2) is 0 Å². The third kappa shape index (κ3) is 4.74. The molecule has 7 heteroatoms. The van der Waals surface area contributed by atoms with Crippen molar-refractivity contribution in [3.8, 4) is 0 Å². The molecule has 2 fully saturated rings. The van der Waals surface area contributed by atoms with Crippen LogP contribution in [-0.4, -0.2) is 55.8 Å². The molecular weight excluding hydrogens is 326 g/mol. The van der Waals surface area contributed by atoms with E-state index < -0.39 is 18.1 Å². The molecule has 0 spiro atoms. The SMILES string of the molecule is CCOC(=O)/C=C1\CC[C@H]2CN(C(=O)OC)[C@H](C(=O)OCC)C[C@H]2C1. The van der Waals surface area contributed by atoms with E-state index in [1.54, 1.807) is 19.9 Å². The fourth-order valence-corrected chi connectivity index (χ4v) is 3.78. The molecule has 1 aliphatic heterocycles. The molecule has 2 aliphatic rings. The first-order chi connectivity index (χ1) is 12.0. The summed E-state index contributed by atoms with van der Waals surface area (Å²) in [7, 11) is 1.32. The maximum Gasteiger partial charge on any atom is 0.410 e. The first kappa shape index (κ1) is 19.3. The number of fused-ring (bicyclic) bond motifs is 1. The average molecular weight is 353 g/mol. The van der Waals surface area contributed by atoms with E-state index in [0.29, 0.717) is 25.5 Å². The lowest BCUT2D eigenvalue weighted by Gasteiger charge is -2.44. The van der Waals surface area contributed by atoms with Gasteiger partial charge in [0.25, 0.3) is 0 Å². The van der Waals surface area contributed by atoms with Crippen LogP contribution in [0.15, 0.2) is 11.6 Å². The Balaban J connectivity index is 2.11. The van der Waals surface area contributed by atoms with Crippen LogP contribution in [0.3, 0.4) is 0 Å². The second-order valence-electron chi connectivity index (χ2n) is 6.44. The van der Waals surface area contributed by atoms with Crippen molar-refractivity contribution in [3.63, 3.8) is 0 Å². The van der Waals surface area contributed by atoms with E-state index >= 15 is 0 Å². The average Bonchev–Trinajstić information content (AvgIpc) is 2.60. The molecule has 0 radical (unpaired) electrons. The van der Waals surface area contributed by atoms with E-state index in [1.165, 1.54) is 12.0 Å². The molecule has 1 saturated carbocycles. The van der Waals surface area contributed by atoms with Crippen molar-refractivity contribution < 1.29 is 28.6 Å². The molecule has 0 aromatic carbocycles. The van der Waals surface area contributed by atoms with Crippen molar-refractivity contribution in [1.82, 2.24) is 4.90 Å². The number of carbonyl (C=O) groups excluding carboxylic acids is 3. The number of amides is 1. The van der Waals surface area contributed by atoms with E-state index in [1.807, 2.05) is 0 Å². The summed E-state index contributed by atoms with van der Waals surface area (Å²) in [6.45, 7) is 4.63. The van der Waals surface area contributed by atoms with Gasteiger partial charge in [0.2, 0.25) is 0 Å². The maximum absolute atomic E-state index is 12.3. The van der Waals surface area contributed by atoms with Gasteiger partial charge in [-0.1, -0.05) is 5.57 Å². The minimum atomic E-state index is -0.629. The molecule has 0 N–H and O–H groups in total. The third-order valence-electron chi connectivity index (χ3n) is 4.94. The standard InChI is InChI=1S/C18H27NO6/c1-4-24-16(20)9-12-6-7-13-11-19(18(22)23-3)15(10-14(13)8-12)17(21)25-5-2/h9,13-15H,4-8,10-11H2,1-3H3/b12-9+/t13-,14+,15-/m0/s1. The molecule has 0 aromatic heterocycles. The number of hydrogen-bond donors (Lipinski definition) is 0. The molecule has 1 aliphatic carbocycles. The summed E-state index contributed by atoms with van der Waals surface area (Å²) < 4.78 is 14.9. The molecular formula is C18H27NO6. The fourth-order valence-electron chi connectivity index (χ4n) is 3.78. The number of likely N-dealkylation sites (tertiary alicyclic amines) is 1. The number of hydrogen-bond acceptors (Lipinski definition) is 6. The van der Waals surface area contributed by atoms with E-state index in [2.05, 4.69) is 0 Å². The number of methoxy groups -OCH3 is 1. The Morgan fingerprint density at radius 1 is 1.16 bits per heavy atom. The van der Waals surface area contributed by atoms with Crippen molar-refractivity contribution in [2.45, 2.75) is 45.6 Å². The summed E-state index contributed by atoms with van der Waals surface area (Å²) in [5.41, 5.74) is 1.05. The van der Waals surface area contributed by atoms with Gasteiger partial charge in [-0.2, -0.15) is 0 Å². The summed E-state index contributed by atoms with van der Waals surface area (Å²) in [5.74, 6) is -0.174. The molecule has 2 rings (SSSR count). The zero-order valence-corrected chi connectivity index (χ0v) is 15.2. The minimum Gasteiger partial charge on any atom is -0.464 e. The largest absolute Gasteiger partial charge is 0.464 e. The van der Waals surface area contributed by atoms with E-state index in [-0.39, 0.29) is 18.5 Å². The van der Waals surface area contributed by atoms with Crippen molar-refractivity contribution in [2.24, 2.45) is 11.8 Å². The van der Waals surface area contributed by atoms with Crippen LogP contribution >= 0.6 is 0 Å². The van der Waals surface area contributed by atoms with Crippen molar-refractivity contribution in [1.29, 1.82) is 0 Å². The lowest BCUT2D eigenvalue weighted by Crippen LogP contribution is -2.54. The number of piperidine rings is 1. The molecule has 0 unspecified atom stereocenters. The Morgan fingerprint density at radius 2 is 1.88 bits per heavy atom. The Bertz CT molecular complexity index is 544. The molecule has 7 nitrogen and oxygen atoms in total. The summed E-state index contributed by atoms with van der Waals surface area (Å²) in [5, 5.41) is 0. The van der Waals surface area contributed by atoms with Gasteiger partial charge < -0.3 is 14.2 Å². The maximum atomic E-state index is 12.3. The van der Waals surface area contributed by atoms with Crippen molar-refractivity contribution in [3.05, 3.63) is 11.6 Å². The second-order valence-corrected chi connectivity index (χ2v) is 6.44. The number of ether oxygens (including phenoxy) is 3. The van der Waals surface area contributed by atoms with E-state index in [9.17, 15) is 14.4 Å². The molecule has 1 heterocycles. The molecule has 25 heavy (non-hydrogen) atoms. The Labute approximate surface area is 148 Å². The van der Waals surface area contributed by atoms with Gasteiger partial charge in [0.1, 0.15) is 6.04 Å². The van der Waals surface area contributed by atoms with Crippen LogP contribution < -0.4 is 0 Å². The fraction of sp³-hybridized carbons (Fsp3) is 0.722.